The molecule has 1 aromatic rings. The lowest BCUT2D eigenvalue weighted by molar-refractivity contribution is -0.141. The highest BCUT2D eigenvalue weighted by Crippen LogP contribution is 2.19. The van der Waals surface area contributed by atoms with Gasteiger partial charge in [-0.2, -0.15) is 0 Å². The highest BCUT2D eigenvalue weighted by molar-refractivity contribution is 5.70. The average Bonchev–Trinajstić information content (AvgIpc) is 2.64. The van der Waals surface area contributed by atoms with Gasteiger partial charge in [0.15, 0.2) is 0 Å². The van der Waals surface area contributed by atoms with Crippen molar-refractivity contribution in [3.63, 3.8) is 0 Å². The zero-order chi connectivity index (χ0) is 12.4. The summed E-state index contributed by atoms with van der Waals surface area (Å²) in [5, 5.41) is 8.84. The number of halogens is 2. The van der Waals surface area contributed by atoms with E-state index < -0.39 is 17.6 Å². The summed E-state index contributed by atoms with van der Waals surface area (Å²) in [6, 6.07) is 3.38. The smallest absolute Gasteiger partial charge is 0.307 e. The standard InChI is InChI=1S/C12H13F2NO2/c13-10-3-8(4-11(14)5-10)6-15-2-1-9(7-15)12(16)17/h3-5,9H,1-2,6-7H2,(H,16,17)/t9-/m1/s1. The molecule has 0 aliphatic carbocycles. The number of likely N-dealkylation sites (tertiary alicyclic amines) is 1. The van der Waals surface area contributed by atoms with E-state index in [0.717, 1.165) is 6.07 Å². The molecule has 0 radical (unpaired) electrons. The molecule has 0 spiro atoms. The fourth-order valence-corrected chi connectivity index (χ4v) is 2.14. The van der Waals surface area contributed by atoms with Crippen LogP contribution in [0, 0.1) is 17.6 Å². The molecule has 92 valence electrons. The van der Waals surface area contributed by atoms with Gasteiger partial charge in [0.05, 0.1) is 5.92 Å². The summed E-state index contributed by atoms with van der Waals surface area (Å²) in [5.41, 5.74) is 0.536. The molecule has 5 heteroatoms. The van der Waals surface area contributed by atoms with Gasteiger partial charge in [0.1, 0.15) is 11.6 Å². The molecule has 0 aromatic heterocycles. The predicted octanol–water partition coefficient (Wildman–Crippen LogP) is 1.87. The molecule has 1 heterocycles. The van der Waals surface area contributed by atoms with Gasteiger partial charge in [-0.1, -0.05) is 0 Å². The maximum Gasteiger partial charge on any atom is 0.307 e. The topological polar surface area (TPSA) is 40.5 Å². The Balaban J connectivity index is 2.00. The molecule has 1 fully saturated rings. The first kappa shape index (κ1) is 12.0. The van der Waals surface area contributed by atoms with E-state index >= 15 is 0 Å². The summed E-state index contributed by atoms with van der Waals surface area (Å²) in [6.07, 6.45) is 0.590. The van der Waals surface area contributed by atoms with Crippen molar-refractivity contribution >= 4 is 5.97 Å². The van der Waals surface area contributed by atoms with E-state index in [1.54, 1.807) is 0 Å². The molecule has 17 heavy (non-hydrogen) atoms. The van der Waals surface area contributed by atoms with E-state index in [2.05, 4.69) is 0 Å². The van der Waals surface area contributed by atoms with Crippen LogP contribution in [0.2, 0.25) is 0 Å². The van der Waals surface area contributed by atoms with E-state index in [-0.39, 0.29) is 5.92 Å². The fraction of sp³-hybridized carbons (Fsp3) is 0.417. The Bertz CT molecular complexity index is 416. The van der Waals surface area contributed by atoms with Crippen molar-refractivity contribution in [1.82, 2.24) is 4.90 Å². The van der Waals surface area contributed by atoms with Crippen molar-refractivity contribution in [3.8, 4) is 0 Å². The van der Waals surface area contributed by atoms with E-state index in [4.69, 9.17) is 5.11 Å². The number of benzene rings is 1. The molecule has 1 aromatic carbocycles. The van der Waals surface area contributed by atoms with Crippen LogP contribution in [0.25, 0.3) is 0 Å². The summed E-state index contributed by atoms with van der Waals surface area (Å²) in [6.45, 7) is 1.47. The molecule has 1 aliphatic rings. The van der Waals surface area contributed by atoms with E-state index in [1.807, 2.05) is 4.90 Å². The van der Waals surface area contributed by atoms with Crippen molar-refractivity contribution in [1.29, 1.82) is 0 Å². The maximum absolute atomic E-state index is 13.0. The monoisotopic (exact) mass is 241 g/mol. The SMILES string of the molecule is O=C(O)[C@@H]1CCN(Cc2cc(F)cc(F)c2)C1. The van der Waals surface area contributed by atoms with E-state index in [0.29, 0.717) is 31.6 Å². The normalized spacial score (nSPS) is 20.7. The third-order valence-corrected chi connectivity index (χ3v) is 2.95. The predicted molar refractivity (Wildman–Crippen MR) is 57.4 cm³/mol. The van der Waals surface area contributed by atoms with Crippen LogP contribution in [0.3, 0.4) is 0 Å². The second-order valence-corrected chi connectivity index (χ2v) is 4.34. The lowest BCUT2D eigenvalue weighted by Crippen LogP contribution is -2.22. The Morgan fingerprint density at radius 1 is 1.35 bits per heavy atom. The molecule has 0 saturated carbocycles. The van der Waals surface area contributed by atoms with Gasteiger partial charge in [0.2, 0.25) is 0 Å². The summed E-state index contributed by atoms with van der Waals surface area (Å²) >= 11 is 0. The number of carbonyl (C=O) groups is 1. The molecule has 0 bridgehead atoms. The Morgan fingerprint density at radius 2 is 2.00 bits per heavy atom. The van der Waals surface area contributed by atoms with Crippen LogP contribution in [0.5, 0.6) is 0 Å². The minimum atomic E-state index is -0.807. The molecular weight excluding hydrogens is 228 g/mol. The van der Waals surface area contributed by atoms with Crippen molar-refractivity contribution in [2.45, 2.75) is 13.0 Å². The summed E-state index contributed by atoms with van der Waals surface area (Å²) in [7, 11) is 0. The number of nitrogens with zero attached hydrogens (tertiary/aromatic N) is 1. The Labute approximate surface area is 97.7 Å². The third kappa shape index (κ3) is 3.00. The van der Waals surface area contributed by atoms with Crippen molar-refractivity contribution in [3.05, 3.63) is 35.4 Å². The molecule has 1 atom stereocenters. The Morgan fingerprint density at radius 3 is 2.53 bits per heavy atom. The van der Waals surface area contributed by atoms with Crippen LogP contribution in [0.15, 0.2) is 18.2 Å². The number of aliphatic carboxylic acids is 1. The van der Waals surface area contributed by atoms with Crippen LogP contribution in [-0.2, 0) is 11.3 Å². The summed E-state index contributed by atoms with van der Waals surface area (Å²) in [4.78, 5) is 12.7. The first-order valence-electron chi connectivity index (χ1n) is 5.45. The van der Waals surface area contributed by atoms with Gasteiger partial charge in [-0.25, -0.2) is 8.78 Å². The molecule has 2 rings (SSSR count). The van der Waals surface area contributed by atoms with Crippen molar-refractivity contribution < 1.29 is 18.7 Å². The highest BCUT2D eigenvalue weighted by atomic mass is 19.1. The summed E-state index contributed by atoms with van der Waals surface area (Å²) in [5.74, 6) is -2.38. The van der Waals surface area contributed by atoms with Gasteiger partial charge in [0, 0.05) is 19.2 Å². The largest absolute Gasteiger partial charge is 0.481 e. The number of carboxylic acids is 1. The Hall–Kier alpha value is -1.49. The van der Waals surface area contributed by atoms with E-state index in [9.17, 15) is 13.6 Å². The minimum absolute atomic E-state index is 0.367. The van der Waals surface area contributed by atoms with Gasteiger partial charge >= 0.3 is 5.97 Å². The van der Waals surface area contributed by atoms with Crippen LogP contribution in [0.1, 0.15) is 12.0 Å². The number of carboxylic acid groups (broad SMARTS) is 1. The van der Waals surface area contributed by atoms with Crippen LogP contribution in [0.4, 0.5) is 8.78 Å². The highest BCUT2D eigenvalue weighted by Gasteiger charge is 2.27. The quantitative estimate of drug-likeness (QED) is 0.878. The van der Waals surface area contributed by atoms with Gasteiger partial charge < -0.3 is 5.11 Å². The van der Waals surface area contributed by atoms with Gasteiger partial charge in [-0.05, 0) is 30.7 Å². The van der Waals surface area contributed by atoms with Crippen molar-refractivity contribution in [2.24, 2.45) is 5.92 Å². The second-order valence-electron chi connectivity index (χ2n) is 4.34. The first-order chi connectivity index (χ1) is 8.04. The molecular formula is C12H13F2NO2. The molecule has 1 aliphatic heterocycles. The number of hydrogen-bond acceptors (Lipinski definition) is 2. The average molecular weight is 241 g/mol. The lowest BCUT2D eigenvalue weighted by atomic mass is 10.1. The van der Waals surface area contributed by atoms with Crippen LogP contribution in [-0.4, -0.2) is 29.1 Å². The Kier molecular flexibility index (Phi) is 3.38. The molecule has 3 nitrogen and oxygen atoms in total. The maximum atomic E-state index is 13.0. The van der Waals surface area contributed by atoms with Crippen LogP contribution < -0.4 is 0 Å². The van der Waals surface area contributed by atoms with Gasteiger partial charge in [-0.3, -0.25) is 9.69 Å². The van der Waals surface area contributed by atoms with Gasteiger partial charge in [-0.15, -0.1) is 0 Å². The number of rotatable bonds is 3. The fourth-order valence-electron chi connectivity index (χ4n) is 2.14. The van der Waals surface area contributed by atoms with Crippen molar-refractivity contribution in [2.75, 3.05) is 13.1 Å². The molecule has 0 unspecified atom stereocenters. The minimum Gasteiger partial charge on any atom is -0.481 e. The lowest BCUT2D eigenvalue weighted by Gasteiger charge is -2.15. The van der Waals surface area contributed by atoms with E-state index in [1.165, 1.54) is 12.1 Å². The molecule has 1 N–H and O–H groups in total. The third-order valence-electron chi connectivity index (χ3n) is 2.95. The van der Waals surface area contributed by atoms with Crippen LogP contribution >= 0.6 is 0 Å². The zero-order valence-electron chi connectivity index (χ0n) is 9.20. The first-order valence-corrected chi connectivity index (χ1v) is 5.45. The molecule has 0 amide bonds. The zero-order valence-corrected chi connectivity index (χ0v) is 9.20. The second kappa shape index (κ2) is 4.79. The van der Waals surface area contributed by atoms with Gasteiger partial charge in [0.25, 0.3) is 0 Å². The summed E-state index contributed by atoms with van der Waals surface area (Å²) < 4.78 is 25.9. The number of hydrogen-bond donors (Lipinski definition) is 1. The molecule has 1 saturated heterocycles.